The molecule has 130 valence electrons. The van der Waals surface area contributed by atoms with Gasteiger partial charge in [-0.05, 0) is 63.1 Å². The number of benzene rings is 1. The second-order valence-corrected chi connectivity index (χ2v) is 8.94. The van der Waals surface area contributed by atoms with E-state index in [1.165, 1.54) is 0 Å². The quantitative estimate of drug-likeness (QED) is 0.703. The van der Waals surface area contributed by atoms with Crippen molar-refractivity contribution in [2.24, 2.45) is 5.41 Å². The van der Waals surface area contributed by atoms with Crippen molar-refractivity contribution < 1.29 is 14.3 Å². The van der Waals surface area contributed by atoms with Crippen molar-refractivity contribution in [2.45, 2.75) is 51.0 Å². The third-order valence-electron chi connectivity index (χ3n) is 5.37. The number of piperidine rings is 1. The zero-order valence-corrected chi connectivity index (χ0v) is 16.1. The molecule has 1 saturated heterocycles. The third kappa shape index (κ3) is 2.99. The van der Waals surface area contributed by atoms with E-state index in [4.69, 9.17) is 4.74 Å². The Balaban J connectivity index is 1.69. The second kappa shape index (κ2) is 5.87. The normalized spacial score (nSPS) is 25.4. The fraction of sp³-hybridized carbons (Fsp3) is 0.579. The number of amides is 1. The van der Waals surface area contributed by atoms with Crippen LogP contribution in [-0.2, 0) is 14.9 Å². The molecule has 0 bridgehead atoms. The van der Waals surface area contributed by atoms with Crippen LogP contribution >= 0.6 is 15.9 Å². The molecule has 0 aromatic heterocycles. The predicted molar refractivity (Wildman–Crippen MR) is 96.0 cm³/mol. The van der Waals surface area contributed by atoms with Crippen LogP contribution in [0.4, 0.5) is 4.79 Å². The smallest absolute Gasteiger partial charge is 0.410 e. The summed E-state index contributed by atoms with van der Waals surface area (Å²) in [5, 5.41) is 0. The zero-order valence-electron chi connectivity index (χ0n) is 14.5. The molecule has 4 nitrogen and oxygen atoms in total. The Hall–Kier alpha value is -1.36. The van der Waals surface area contributed by atoms with Crippen LogP contribution in [0.2, 0.25) is 0 Å². The first kappa shape index (κ1) is 17.5. The Kier molecular flexibility index (Phi) is 4.27. The van der Waals surface area contributed by atoms with Gasteiger partial charge in [0.05, 0.1) is 5.41 Å². The summed E-state index contributed by atoms with van der Waals surface area (Å²) in [7, 11) is 0. The second-order valence-electron chi connectivity index (χ2n) is 8.02. The number of aldehydes is 1. The summed E-state index contributed by atoms with van der Waals surface area (Å²) in [5.74, 6) is 0. The molecule has 3 rings (SSSR count). The van der Waals surface area contributed by atoms with Crippen LogP contribution in [0.25, 0.3) is 0 Å². The minimum Gasteiger partial charge on any atom is -0.444 e. The van der Waals surface area contributed by atoms with Crippen molar-refractivity contribution in [2.75, 3.05) is 13.1 Å². The van der Waals surface area contributed by atoms with Gasteiger partial charge in [0, 0.05) is 17.6 Å². The van der Waals surface area contributed by atoms with Crippen molar-refractivity contribution >= 4 is 28.3 Å². The van der Waals surface area contributed by atoms with Crippen LogP contribution in [0.15, 0.2) is 28.7 Å². The molecule has 1 aliphatic heterocycles. The van der Waals surface area contributed by atoms with E-state index >= 15 is 0 Å². The number of ether oxygens (including phenoxy) is 1. The summed E-state index contributed by atoms with van der Waals surface area (Å²) in [6.45, 7) is 6.94. The molecule has 1 saturated carbocycles. The highest BCUT2D eigenvalue weighted by atomic mass is 79.9. The van der Waals surface area contributed by atoms with Gasteiger partial charge >= 0.3 is 6.09 Å². The lowest BCUT2D eigenvalue weighted by Gasteiger charge is -2.35. The maximum Gasteiger partial charge on any atom is 0.410 e. The minimum atomic E-state index is -0.476. The van der Waals surface area contributed by atoms with Gasteiger partial charge in [-0.3, -0.25) is 0 Å². The molecule has 5 heteroatoms. The van der Waals surface area contributed by atoms with E-state index in [0.717, 1.165) is 35.6 Å². The molecule has 1 amide bonds. The summed E-state index contributed by atoms with van der Waals surface area (Å²) >= 11 is 3.44. The number of likely N-dealkylation sites (tertiary alicyclic amines) is 1. The first-order chi connectivity index (χ1) is 11.2. The monoisotopic (exact) mass is 393 g/mol. The lowest BCUT2D eigenvalue weighted by atomic mass is 9.81. The molecule has 24 heavy (non-hydrogen) atoms. The molecular weight excluding hydrogens is 370 g/mol. The van der Waals surface area contributed by atoms with Crippen molar-refractivity contribution in [3.63, 3.8) is 0 Å². The largest absolute Gasteiger partial charge is 0.444 e. The first-order valence-electron chi connectivity index (χ1n) is 8.42. The van der Waals surface area contributed by atoms with E-state index < -0.39 is 5.60 Å². The zero-order chi connectivity index (χ0) is 17.6. The summed E-state index contributed by atoms with van der Waals surface area (Å²) in [6, 6.07) is 8.05. The Bertz CT molecular complexity index is 642. The van der Waals surface area contributed by atoms with Gasteiger partial charge in [0.2, 0.25) is 0 Å². The Morgan fingerprint density at radius 1 is 1.21 bits per heavy atom. The van der Waals surface area contributed by atoms with Gasteiger partial charge in [-0.15, -0.1) is 0 Å². The first-order valence-corrected chi connectivity index (χ1v) is 9.21. The number of nitrogens with zero attached hydrogens (tertiary/aromatic N) is 1. The lowest BCUT2D eigenvalue weighted by Crippen LogP contribution is -2.43. The van der Waals surface area contributed by atoms with Crippen LogP contribution in [0.1, 0.15) is 45.6 Å². The van der Waals surface area contributed by atoms with E-state index in [1.807, 2.05) is 45.0 Å². The van der Waals surface area contributed by atoms with Crippen LogP contribution < -0.4 is 0 Å². The van der Waals surface area contributed by atoms with E-state index in [0.29, 0.717) is 13.1 Å². The van der Waals surface area contributed by atoms with Crippen LogP contribution in [0.5, 0.6) is 0 Å². The standard InChI is InChI=1S/C19H24BrNO3/c1-17(2,3)24-16(23)21-10-8-18(9-11-21)12-19(18,13-22)14-4-6-15(20)7-5-14/h4-7,13H,8-12H2,1-3H3. The van der Waals surface area contributed by atoms with E-state index in [9.17, 15) is 9.59 Å². The van der Waals surface area contributed by atoms with Gasteiger partial charge in [0.1, 0.15) is 11.9 Å². The highest BCUT2D eigenvalue weighted by Gasteiger charge is 2.68. The van der Waals surface area contributed by atoms with Gasteiger partial charge in [0.25, 0.3) is 0 Å². The molecule has 1 aliphatic carbocycles. The number of carbonyl (C=O) groups excluding carboxylic acids is 2. The molecule has 0 N–H and O–H groups in total. The number of rotatable bonds is 2. The topological polar surface area (TPSA) is 46.6 Å². The van der Waals surface area contributed by atoms with Gasteiger partial charge in [0.15, 0.2) is 0 Å². The van der Waals surface area contributed by atoms with Crippen molar-refractivity contribution in [1.82, 2.24) is 4.90 Å². The molecular formula is C19H24BrNO3. The maximum absolute atomic E-state index is 12.2. The van der Waals surface area contributed by atoms with Gasteiger partial charge in [-0.1, -0.05) is 28.1 Å². The third-order valence-corrected chi connectivity index (χ3v) is 5.90. The SMILES string of the molecule is CC(C)(C)OC(=O)N1CCC2(CC1)CC2(C=O)c1ccc(Br)cc1. The number of halogens is 1. The molecule has 1 aromatic rings. The molecule has 1 spiro atoms. The fourth-order valence-corrected chi connectivity index (χ4v) is 4.21. The summed E-state index contributed by atoms with van der Waals surface area (Å²) < 4.78 is 6.47. The van der Waals surface area contributed by atoms with Crippen molar-refractivity contribution in [3.05, 3.63) is 34.3 Å². The Labute approximate surface area is 151 Å². The number of carbonyl (C=O) groups is 2. The van der Waals surface area contributed by atoms with Crippen molar-refractivity contribution in [3.8, 4) is 0 Å². The summed E-state index contributed by atoms with van der Waals surface area (Å²) in [5.41, 5.74) is 0.233. The molecule has 2 aliphatic rings. The van der Waals surface area contributed by atoms with E-state index in [2.05, 4.69) is 15.9 Å². The van der Waals surface area contributed by atoms with Gasteiger partial charge in [-0.2, -0.15) is 0 Å². The van der Waals surface area contributed by atoms with Crippen LogP contribution in [-0.4, -0.2) is 36.0 Å². The minimum absolute atomic E-state index is 0.00108. The van der Waals surface area contributed by atoms with Crippen LogP contribution in [0, 0.1) is 5.41 Å². The van der Waals surface area contributed by atoms with E-state index in [-0.39, 0.29) is 16.9 Å². The van der Waals surface area contributed by atoms with Gasteiger partial charge < -0.3 is 14.4 Å². The molecule has 1 unspecified atom stereocenters. The lowest BCUT2D eigenvalue weighted by molar-refractivity contribution is -0.111. The number of hydrogen-bond acceptors (Lipinski definition) is 3. The maximum atomic E-state index is 12.2. The Morgan fingerprint density at radius 2 is 1.79 bits per heavy atom. The molecule has 1 heterocycles. The highest BCUT2D eigenvalue weighted by molar-refractivity contribution is 9.10. The molecule has 2 fully saturated rings. The predicted octanol–water partition coefficient (Wildman–Crippen LogP) is 4.31. The number of hydrogen-bond donors (Lipinski definition) is 0. The molecule has 1 aromatic carbocycles. The summed E-state index contributed by atoms with van der Waals surface area (Å²) in [6.07, 6.45) is 3.45. The molecule has 0 radical (unpaired) electrons. The van der Waals surface area contributed by atoms with Crippen molar-refractivity contribution in [1.29, 1.82) is 0 Å². The van der Waals surface area contributed by atoms with E-state index in [1.54, 1.807) is 4.90 Å². The van der Waals surface area contributed by atoms with Crippen LogP contribution in [0.3, 0.4) is 0 Å². The average Bonchev–Trinajstić information content (AvgIpc) is 3.15. The highest BCUT2D eigenvalue weighted by Crippen LogP contribution is 2.68. The van der Waals surface area contributed by atoms with Gasteiger partial charge in [-0.25, -0.2) is 4.79 Å². The fourth-order valence-electron chi connectivity index (χ4n) is 3.95. The summed E-state index contributed by atoms with van der Waals surface area (Å²) in [4.78, 5) is 25.9. The average molecular weight is 394 g/mol. The Morgan fingerprint density at radius 3 is 2.29 bits per heavy atom. The molecule has 1 atom stereocenters.